The van der Waals surface area contributed by atoms with Gasteiger partial charge in [0.25, 0.3) is 0 Å². The Hall–Kier alpha value is -0.760. The summed E-state index contributed by atoms with van der Waals surface area (Å²) in [5, 5.41) is 0.890. The van der Waals surface area contributed by atoms with Gasteiger partial charge in [-0.25, -0.2) is 9.48 Å². The lowest BCUT2D eigenvalue weighted by atomic mass is 10.4. The van der Waals surface area contributed by atoms with E-state index in [0.29, 0.717) is 0 Å². The Morgan fingerprint density at radius 2 is 1.72 bits per heavy atom. The van der Waals surface area contributed by atoms with Crippen LogP contribution in [0.25, 0.3) is 0 Å². The van der Waals surface area contributed by atoms with Crippen molar-refractivity contribution in [3.8, 4) is 0 Å². The van der Waals surface area contributed by atoms with Gasteiger partial charge in [-0.3, -0.25) is 0 Å². The first-order chi connectivity index (χ1) is 8.79. The lowest BCUT2D eigenvalue weighted by Gasteiger charge is -2.04. The number of hydrogen-bond acceptors (Lipinski definition) is 1. The number of allylic oxidation sites excluding steroid dienone is 2. The highest BCUT2D eigenvalue weighted by atomic mass is 35.5. The number of halogens is 1. The molecular weight excluding hydrogens is 244 g/mol. The molecule has 0 radical (unpaired) electrons. The SMILES string of the molecule is CC.CC/C=C/CN1CC[N+](C/C=C/CC)=C1Cl. The molecule has 0 unspecified atom stereocenters. The molecule has 1 rings (SSSR count). The predicted octanol–water partition coefficient (Wildman–Crippen LogP) is 3.87. The summed E-state index contributed by atoms with van der Waals surface area (Å²) in [4.78, 5) is 2.22. The molecule has 0 aromatic rings. The third-order valence-corrected chi connectivity index (χ3v) is 3.10. The summed E-state index contributed by atoms with van der Waals surface area (Å²) < 4.78 is 2.22. The second-order valence-corrected chi connectivity index (χ2v) is 4.26. The largest absolute Gasteiger partial charge is 0.345 e. The summed E-state index contributed by atoms with van der Waals surface area (Å²) >= 11 is 6.30. The van der Waals surface area contributed by atoms with Crippen LogP contribution in [0.4, 0.5) is 0 Å². The molecule has 1 aliphatic rings. The monoisotopic (exact) mass is 271 g/mol. The van der Waals surface area contributed by atoms with Crippen molar-refractivity contribution >= 4 is 16.9 Å². The van der Waals surface area contributed by atoms with Crippen molar-refractivity contribution in [1.29, 1.82) is 0 Å². The van der Waals surface area contributed by atoms with Crippen molar-refractivity contribution in [2.24, 2.45) is 0 Å². The molecule has 0 N–H and O–H groups in total. The number of hydrogen-bond donors (Lipinski definition) is 0. The van der Waals surface area contributed by atoms with Crippen LogP contribution in [0.5, 0.6) is 0 Å². The van der Waals surface area contributed by atoms with Crippen LogP contribution in [0.3, 0.4) is 0 Å². The third-order valence-electron chi connectivity index (χ3n) is 2.62. The summed E-state index contributed by atoms with van der Waals surface area (Å²) in [6, 6.07) is 0. The molecule has 0 fully saturated rings. The van der Waals surface area contributed by atoms with Crippen LogP contribution < -0.4 is 0 Å². The van der Waals surface area contributed by atoms with Gasteiger partial charge in [0, 0.05) is 11.6 Å². The quantitative estimate of drug-likeness (QED) is 0.404. The Bertz CT molecular complexity index is 293. The molecule has 1 heterocycles. The zero-order chi connectivity index (χ0) is 13.8. The van der Waals surface area contributed by atoms with E-state index in [-0.39, 0.29) is 0 Å². The van der Waals surface area contributed by atoms with Gasteiger partial charge < -0.3 is 0 Å². The van der Waals surface area contributed by atoms with Gasteiger partial charge in [-0.1, -0.05) is 39.8 Å². The molecule has 3 heteroatoms. The number of amidine groups is 1. The normalized spacial score (nSPS) is 15.7. The Morgan fingerprint density at radius 3 is 2.33 bits per heavy atom. The average Bonchev–Trinajstić information content (AvgIpc) is 2.75. The van der Waals surface area contributed by atoms with Crippen LogP contribution in [-0.2, 0) is 0 Å². The predicted molar refractivity (Wildman–Crippen MR) is 82.6 cm³/mol. The highest BCUT2D eigenvalue weighted by Crippen LogP contribution is 2.06. The van der Waals surface area contributed by atoms with Crippen molar-refractivity contribution in [3.05, 3.63) is 24.3 Å². The molecule has 1 aliphatic heterocycles. The third kappa shape index (κ3) is 6.25. The molecule has 18 heavy (non-hydrogen) atoms. The molecule has 0 saturated carbocycles. The van der Waals surface area contributed by atoms with Gasteiger partial charge in [-0.05, 0) is 25.0 Å². The smallest absolute Gasteiger partial charge is 0.244 e. The standard InChI is InChI=1S/C13H22ClN2.C2H6/c1-3-5-7-9-15-11-12-16(13(15)14)10-8-6-4-2;1-2/h5-8H,3-4,9-12H2,1-2H3;1-2H3/q+1;/b7-5+,8-6+;. The first-order valence-corrected chi connectivity index (χ1v) is 7.49. The van der Waals surface area contributed by atoms with Gasteiger partial charge >= 0.3 is 5.29 Å². The van der Waals surface area contributed by atoms with E-state index < -0.39 is 0 Å². The van der Waals surface area contributed by atoms with Crippen molar-refractivity contribution in [1.82, 2.24) is 4.90 Å². The van der Waals surface area contributed by atoms with Crippen LogP contribution in [-0.4, -0.2) is 40.9 Å². The lowest BCUT2D eigenvalue weighted by molar-refractivity contribution is -0.505. The Balaban J connectivity index is 0.00000137. The first kappa shape index (κ1) is 17.2. The van der Waals surface area contributed by atoms with E-state index in [4.69, 9.17) is 11.6 Å². The van der Waals surface area contributed by atoms with E-state index in [1.807, 2.05) is 13.8 Å². The van der Waals surface area contributed by atoms with Gasteiger partial charge in [-0.15, -0.1) is 0 Å². The second kappa shape index (κ2) is 11.3. The van der Waals surface area contributed by atoms with Crippen molar-refractivity contribution in [2.45, 2.75) is 40.5 Å². The highest BCUT2D eigenvalue weighted by Gasteiger charge is 2.26. The van der Waals surface area contributed by atoms with Gasteiger partial charge in [0.1, 0.15) is 26.2 Å². The molecule has 104 valence electrons. The fourth-order valence-corrected chi connectivity index (χ4v) is 2.00. The van der Waals surface area contributed by atoms with Gasteiger partial charge in [0.2, 0.25) is 0 Å². The van der Waals surface area contributed by atoms with E-state index in [9.17, 15) is 0 Å². The van der Waals surface area contributed by atoms with E-state index in [0.717, 1.165) is 44.3 Å². The van der Waals surface area contributed by atoms with E-state index in [2.05, 4.69) is 47.6 Å². The van der Waals surface area contributed by atoms with Crippen LogP contribution in [0.2, 0.25) is 0 Å². The Kier molecular flexibility index (Phi) is 10.9. The molecule has 0 spiro atoms. The Morgan fingerprint density at radius 1 is 1.11 bits per heavy atom. The van der Waals surface area contributed by atoms with Gasteiger partial charge in [-0.2, -0.15) is 0 Å². The van der Waals surface area contributed by atoms with Crippen LogP contribution in [0, 0.1) is 0 Å². The van der Waals surface area contributed by atoms with Crippen LogP contribution in [0.1, 0.15) is 40.5 Å². The van der Waals surface area contributed by atoms with Crippen molar-refractivity contribution < 1.29 is 4.58 Å². The van der Waals surface area contributed by atoms with E-state index in [1.165, 1.54) is 0 Å². The molecule has 0 aliphatic carbocycles. The number of rotatable bonds is 6. The molecule has 0 aromatic heterocycles. The maximum Gasteiger partial charge on any atom is 0.345 e. The highest BCUT2D eigenvalue weighted by molar-refractivity contribution is 6.63. The summed E-state index contributed by atoms with van der Waals surface area (Å²) in [7, 11) is 0. The maximum atomic E-state index is 6.30. The molecule has 0 atom stereocenters. The zero-order valence-electron chi connectivity index (χ0n) is 12.3. The summed E-state index contributed by atoms with van der Waals surface area (Å²) in [5.74, 6) is 0. The fourth-order valence-electron chi connectivity index (χ4n) is 1.70. The molecule has 0 bridgehead atoms. The summed E-state index contributed by atoms with van der Waals surface area (Å²) in [6.07, 6.45) is 10.9. The van der Waals surface area contributed by atoms with Crippen molar-refractivity contribution in [3.63, 3.8) is 0 Å². The number of nitrogens with zero attached hydrogens (tertiary/aromatic N) is 2. The average molecular weight is 272 g/mol. The topological polar surface area (TPSA) is 6.25 Å². The first-order valence-electron chi connectivity index (χ1n) is 7.11. The van der Waals surface area contributed by atoms with E-state index in [1.54, 1.807) is 0 Å². The fraction of sp³-hybridized carbons (Fsp3) is 0.667. The minimum absolute atomic E-state index is 0.890. The zero-order valence-corrected chi connectivity index (χ0v) is 13.1. The van der Waals surface area contributed by atoms with Crippen LogP contribution >= 0.6 is 11.6 Å². The lowest BCUT2D eigenvalue weighted by Crippen LogP contribution is -2.25. The molecule has 0 saturated heterocycles. The Labute approximate surface area is 118 Å². The molecule has 0 aromatic carbocycles. The van der Waals surface area contributed by atoms with Crippen LogP contribution in [0.15, 0.2) is 24.3 Å². The summed E-state index contributed by atoms with van der Waals surface area (Å²) in [5.41, 5.74) is 0. The minimum Gasteiger partial charge on any atom is -0.244 e. The second-order valence-electron chi connectivity index (χ2n) is 3.92. The minimum atomic E-state index is 0.890. The maximum absolute atomic E-state index is 6.30. The van der Waals surface area contributed by atoms with Crippen molar-refractivity contribution in [2.75, 3.05) is 26.2 Å². The van der Waals surface area contributed by atoms with Gasteiger partial charge in [0.05, 0.1) is 0 Å². The molecule has 0 amide bonds. The summed E-state index contributed by atoms with van der Waals surface area (Å²) in [6.45, 7) is 12.2. The van der Waals surface area contributed by atoms with E-state index >= 15 is 0 Å². The van der Waals surface area contributed by atoms with Gasteiger partial charge in [0.15, 0.2) is 0 Å². The molecule has 2 nitrogen and oxygen atoms in total. The molecular formula is C15H28ClN2+.